The van der Waals surface area contributed by atoms with Gasteiger partial charge in [0.2, 0.25) is 0 Å². The highest BCUT2D eigenvalue weighted by Crippen LogP contribution is 2.45. The van der Waals surface area contributed by atoms with E-state index in [9.17, 15) is 13.9 Å². The summed E-state index contributed by atoms with van der Waals surface area (Å²) in [5.74, 6) is -0.524. The second-order valence-corrected chi connectivity index (χ2v) is 6.50. The van der Waals surface area contributed by atoms with E-state index in [4.69, 9.17) is 0 Å². The Bertz CT molecular complexity index is 691. The molecule has 4 rings (SSSR count). The van der Waals surface area contributed by atoms with Gasteiger partial charge in [0.25, 0.3) is 0 Å². The van der Waals surface area contributed by atoms with Gasteiger partial charge in [-0.1, -0.05) is 12.1 Å². The molecule has 1 N–H and O–H groups in total. The van der Waals surface area contributed by atoms with Crippen molar-refractivity contribution in [2.75, 3.05) is 6.61 Å². The maximum atomic E-state index is 13.8. The average molecular weight is 315 g/mol. The van der Waals surface area contributed by atoms with Crippen LogP contribution in [0.1, 0.15) is 41.0 Å². The van der Waals surface area contributed by atoms with E-state index < -0.39 is 0 Å². The van der Waals surface area contributed by atoms with Gasteiger partial charge in [0.15, 0.2) is 0 Å². The van der Waals surface area contributed by atoms with Gasteiger partial charge in [-0.25, -0.2) is 8.78 Å². The lowest BCUT2D eigenvalue weighted by Crippen LogP contribution is -2.47. The van der Waals surface area contributed by atoms with Gasteiger partial charge in [-0.15, -0.1) is 0 Å². The number of hydrogen-bond acceptors (Lipinski definition) is 2. The normalized spacial score (nSPS) is 24.9. The summed E-state index contributed by atoms with van der Waals surface area (Å²) in [7, 11) is 0. The zero-order chi connectivity index (χ0) is 16.0. The molecule has 2 bridgehead atoms. The Labute approximate surface area is 134 Å². The van der Waals surface area contributed by atoms with E-state index in [-0.39, 0.29) is 30.2 Å². The van der Waals surface area contributed by atoms with Gasteiger partial charge in [-0.2, -0.15) is 0 Å². The molecule has 1 unspecified atom stereocenters. The van der Waals surface area contributed by atoms with Crippen molar-refractivity contribution in [1.29, 1.82) is 0 Å². The molecule has 2 aromatic carbocycles. The number of halogens is 2. The number of benzene rings is 2. The molecule has 0 fully saturated rings. The summed E-state index contributed by atoms with van der Waals surface area (Å²) in [6.45, 7) is 1.70. The van der Waals surface area contributed by atoms with Gasteiger partial charge >= 0.3 is 0 Å². The van der Waals surface area contributed by atoms with E-state index in [1.165, 1.54) is 12.1 Å². The van der Waals surface area contributed by atoms with Crippen molar-refractivity contribution in [3.05, 3.63) is 70.3 Å². The summed E-state index contributed by atoms with van der Waals surface area (Å²) in [6.07, 6.45) is 1.53. The SMILES string of the molecule is OCCCC1C2c3cc(F)ccc3CN1Cc1ccc(F)cc12. The third kappa shape index (κ3) is 2.46. The lowest BCUT2D eigenvalue weighted by Gasteiger charge is -2.47. The van der Waals surface area contributed by atoms with Crippen LogP contribution in [0.4, 0.5) is 8.78 Å². The molecule has 0 amide bonds. The molecule has 120 valence electrons. The number of aliphatic hydroxyl groups is 1. The third-order valence-corrected chi connectivity index (χ3v) is 5.14. The number of aliphatic hydroxyl groups excluding tert-OH is 1. The smallest absolute Gasteiger partial charge is 0.123 e. The molecule has 2 aromatic rings. The molecule has 23 heavy (non-hydrogen) atoms. The van der Waals surface area contributed by atoms with Crippen LogP contribution < -0.4 is 0 Å². The molecular weight excluding hydrogens is 296 g/mol. The van der Waals surface area contributed by atoms with Crippen molar-refractivity contribution in [3.8, 4) is 0 Å². The van der Waals surface area contributed by atoms with Crippen molar-refractivity contribution in [3.63, 3.8) is 0 Å². The first-order chi connectivity index (χ1) is 11.2. The van der Waals surface area contributed by atoms with Crippen LogP contribution in [-0.4, -0.2) is 22.7 Å². The van der Waals surface area contributed by atoms with Crippen LogP contribution >= 0.6 is 0 Å². The third-order valence-electron chi connectivity index (χ3n) is 5.14. The summed E-state index contributed by atoms with van der Waals surface area (Å²) in [4.78, 5) is 2.38. The first-order valence-electron chi connectivity index (χ1n) is 8.09. The van der Waals surface area contributed by atoms with E-state index >= 15 is 0 Å². The summed E-state index contributed by atoms with van der Waals surface area (Å²) >= 11 is 0. The Kier molecular flexibility index (Phi) is 3.66. The topological polar surface area (TPSA) is 23.5 Å². The lowest BCUT2D eigenvalue weighted by atomic mass is 9.73. The molecule has 0 radical (unpaired) electrons. The van der Waals surface area contributed by atoms with Crippen LogP contribution in [0.25, 0.3) is 0 Å². The van der Waals surface area contributed by atoms with Gasteiger partial charge in [-0.05, 0) is 59.4 Å². The summed E-state index contributed by atoms with van der Waals surface area (Å²) in [5, 5.41) is 9.20. The largest absolute Gasteiger partial charge is 0.396 e. The van der Waals surface area contributed by atoms with Crippen LogP contribution in [0.15, 0.2) is 36.4 Å². The summed E-state index contributed by atoms with van der Waals surface area (Å²) in [5.41, 5.74) is 4.17. The number of hydrogen-bond donors (Lipinski definition) is 1. The predicted octanol–water partition coefficient (Wildman–Crippen LogP) is 3.57. The first-order valence-corrected chi connectivity index (χ1v) is 8.09. The van der Waals surface area contributed by atoms with E-state index in [1.54, 1.807) is 12.1 Å². The van der Waals surface area contributed by atoms with Crippen LogP contribution in [0.2, 0.25) is 0 Å². The monoisotopic (exact) mass is 315 g/mol. The second-order valence-electron chi connectivity index (χ2n) is 6.50. The fourth-order valence-corrected chi connectivity index (χ4v) is 4.17. The average Bonchev–Trinajstić information content (AvgIpc) is 2.54. The molecule has 0 saturated heterocycles. The summed E-state index contributed by atoms with van der Waals surface area (Å²) < 4.78 is 27.7. The quantitative estimate of drug-likeness (QED) is 0.936. The van der Waals surface area contributed by atoms with E-state index in [0.717, 1.165) is 41.8 Å². The van der Waals surface area contributed by atoms with E-state index in [2.05, 4.69) is 4.90 Å². The van der Waals surface area contributed by atoms with Crippen molar-refractivity contribution < 1.29 is 13.9 Å². The molecule has 2 aliphatic heterocycles. The molecule has 2 nitrogen and oxygen atoms in total. The van der Waals surface area contributed by atoms with Gasteiger partial charge < -0.3 is 5.11 Å². The molecular formula is C19H19F2NO. The predicted molar refractivity (Wildman–Crippen MR) is 84.0 cm³/mol. The second kappa shape index (κ2) is 5.69. The minimum absolute atomic E-state index is 0.0274. The Morgan fingerprint density at radius 1 is 0.957 bits per heavy atom. The molecule has 2 aliphatic rings. The summed E-state index contributed by atoms with van der Waals surface area (Å²) in [6, 6.07) is 10.1. The highest BCUT2D eigenvalue weighted by molar-refractivity contribution is 5.47. The van der Waals surface area contributed by atoms with E-state index in [1.807, 2.05) is 12.1 Å². The fraction of sp³-hybridized carbons (Fsp3) is 0.368. The zero-order valence-corrected chi connectivity index (χ0v) is 12.8. The van der Waals surface area contributed by atoms with Crippen molar-refractivity contribution in [2.24, 2.45) is 0 Å². The van der Waals surface area contributed by atoms with Gasteiger partial charge in [-0.3, -0.25) is 4.90 Å². The minimum Gasteiger partial charge on any atom is -0.396 e. The van der Waals surface area contributed by atoms with Crippen LogP contribution in [-0.2, 0) is 13.1 Å². The number of nitrogens with zero attached hydrogens (tertiary/aromatic N) is 1. The molecule has 0 aromatic heterocycles. The van der Waals surface area contributed by atoms with Crippen LogP contribution in [0, 0.1) is 11.6 Å². The molecule has 4 heteroatoms. The Morgan fingerprint density at radius 3 is 2.04 bits per heavy atom. The Balaban J connectivity index is 1.87. The fourth-order valence-electron chi connectivity index (χ4n) is 4.17. The number of fused-ring (bicyclic) bond motifs is 6. The van der Waals surface area contributed by atoms with Crippen molar-refractivity contribution in [1.82, 2.24) is 4.90 Å². The van der Waals surface area contributed by atoms with Crippen molar-refractivity contribution in [2.45, 2.75) is 37.9 Å². The lowest BCUT2D eigenvalue weighted by molar-refractivity contribution is 0.115. The molecule has 0 saturated carbocycles. The molecule has 2 heterocycles. The Morgan fingerprint density at radius 2 is 1.52 bits per heavy atom. The maximum Gasteiger partial charge on any atom is 0.123 e. The maximum absolute atomic E-state index is 13.8. The zero-order valence-electron chi connectivity index (χ0n) is 12.8. The van der Waals surface area contributed by atoms with Gasteiger partial charge in [0.1, 0.15) is 11.6 Å². The molecule has 0 aliphatic carbocycles. The standard InChI is InChI=1S/C19H19F2NO/c20-14-5-3-12-10-22-11-13-4-6-15(21)9-17(13)19(16(12)8-14)18(22)2-1-7-23/h3-6,8-9,18-19,23H,1-2,7,10-11H2. The number of rotatable bonds is 3. The van der Waals surface area contributed by atoms with Crippen molar-refractivity contribution >= 4 is 0 Å². The van der Waals surface area contributed by atoms with Gasteiger partial charge in [0.05, 0.1) is 0 Å². The van der Waals surface area contributed by atoms with E-state index in [0.29, 0.717) is 6.42 Å². The minimum atomic E-state index is -0.248. The van der Waals surface area contributed by atoms with Crippen LogP contribution in [0.5, 0.6) is 0 Å². The molecule has 1 atom stereocenters. The van der Waals surface area contributed by atoms with Crippen LogP contribution in [0.3, 0.4) is 0 Å². The highest BCUT2D eigenvalue weighted by atomic mass is 19.1. The van der Waals surface area contributed by atoms with Gasteiger partial charge in [0, 0.05) is 31.7 Å². The highest BCUT2D eigenvalue weighted by Gasteiger charge is 2.40. The molecule has 0 spiro atoms. The Hall–Kier alpha value is -1.78. The first kappa shape index (κ1) is 14.8.